The second kappa shape index (κ2) is 11.5. The van der Waals surface area contributed by atoms with Gasteiger partial charge in [0.1, 0.15) is 10.8 Å². The summed E-state index contributed by atoms with van der Waals surface area (Å²) >= 11 is 10.8. The lowest BCUT2D eigenvalue weighted by Gasteiger charge is -2.26. The van der Waals surface area contributed by atoms with Gasteiger partial charge in [0, 0.05) is 23.7 Å². The Bertz CT molecular complexity index is 1150. The van der Waals surface area contributed by atoms with Crippen LogP contribution >= 0.6 is 51.5 Å². The Labute approximate surface area is 212 Å². The van der Waals surface area contributed by atoms with Crippen molar-refractivity contribution in [2.45, 2.75) is 17.9 Å². The van der Waals surface area contributed by atoms with Crippen molar-refractivity contribution < 1.29 is 4.52 Å². The van der Waals surface area contributed by atoms with Crippen molar-refractivity contribution in [1.82, 2.24) is 14.9 Å². The molecule has 2 atom stereocenters. The fraction of sp³-hybridized carbons (Fsp3) is 0.273. The molecule has 0 bridgehead atoms. The fourth-order valence-corrected chi connectivity index (χ4v) is 4.76. The number of halogens is 1. The van der Waals surface area contributed by atoms with Gasteiger partial charge in [-0.2, -0.15) is 14.9 Å². The molecule has 0 amide bonds. The van der Waals surface area contributed by atoms with Gasteiger partial charge < -0.3 is 20.1 Å². The standard InChI is InChI=1S/C22H26ClN5OP2S.H3P/c1-28-7-6-13-9-20(30)18(8-14(13)12-28)26-22-24-11-16(23)21(27-22)25-17-5-4-15(32)10-19(17)29-31(2)3;/h4-5,8-11,32H,6-7,12,30H2,1-3H3,(H2,24,25,26,27);1H3. The van der Waals surface area contributed by atoms with Crippen LogP contribution in [0.25, 0.3) is 0 Å². The van der Waals surface area contributed by atoms with E-state index in [-0.39, 0.29) is 9.90 Å². The molecule has 1 aliphatic rings. The van der Waals surface area contributed by atoms with Crippen LogP contribution in [0.15, 0.2) is 41.4 Å². The summed E-state index contributed by atoms with van der Waals surface area (Å²) in [6, 6.07) is 10.1. The van der Waals surface area contributed by atoms with E-state index in [1.165, 1.54) is 11.1 Å². The number of hydrogen-bond donors (Lipinski definition) is 3. The van der Waals surface area contributed by atoms with Crippen molar-refractivity contribution in [2.75, 3.05) is 37.6 Å². The maximum atomic E-state index is 6.40. The zero-order valence-electron chi connectivity index (χ0n) is 18.9. The Morgan fingerprint density at radius 2 is 1.94 bits per heavy atom. The summed E-state index contributed by atoms with van der Waals surface area (Å²) in [4.78, 5) is 12.1. The highest BCUT2D eigenvalue weighted by Crippen LogP contribution is 2.38. The lowest BCUT2D eigenvalue weighted by Crippen LogP contribution is -2.27. The zero-order chi connectivity index (χ0) is 22.8. The van der Waals surface area contributed by atoms with Crippen LogP contribution in [-0.2, 0) is 13.0 Å². The summed E-state index contributed by atoms with van der Waals surface area (Å²) in [5, 5.41) is 8.14. The summed E-state index contributed by atoms with van der Waals surface area (Å²) in [6.45, 7) is 6.10. The molecule has 0 aliphatic carbocycles. The van der Waals surface area contributed by atoms with Gasteiger partial charge in [0.05, 0.1) is 20.0 Å². The van der Waals surface area contributed by atoms with Crippen LogP contribution in [0.1, 0.15) is 11.1 Å². The van der Waals surface area contributed by atoms with Crippen molar-refractivity contribution in [3.63, 3.8) is 0 Å². The minimum atomic E-state index is -0.596. The lowest BCUT2D eigenvalue weighted by atomic mass is 9.99. The molecule has 0 radical (unpaired) electrons. The number of rotatable bonds is 6. The lowest BCUT2D eigenvalue weighted by molar-refractivity contribution is 0.313. The minimum absolute atomic E-state index is 0. The van der Waals surface area contributed by atoms with Gasteiger partial charge in [0.25, 0.3) is 0 Å². The molecule has 2 N–H and O–H groups in total. The highest BCUT2D eigenvalue weighted by atomic mass is 35.5. The first-order valence-electron chi connectivity index (χ1n) is 10.1. The molecule has 2 heterocycles. The molecular weight excluding hydrogens is 511 g/mol. The fourth-order valence-electron chi connectivity index (χ4n) is 3.53. The normalized spacial score (nSPS) is 13.3. The molecular formula is C22H29ClN5OP3S. The molecule has 3 aromatic rings. The smallest absolute Gasteiger partial charge is 0.229 e. The van der Waals surface area contributed by atoms with E-state index in [1.807, 2.05) is 31.5 Å². The Morgan fingerprint density at radius 3 is 2.70 bits per heavy atom. The Hall–Kier alpha value is -1.19. The zero-order valence-corrected chi connectivity index (χ0v) is 24.0. The molecule has 2 aromatic carbocycles. The molecule has 1 aliphatic heterocycles. The number of hydrogen-bond acceptors (Lipinski definition) is 7. The minimum Gasteiger partial charge on any atom is -0.472 e. The molecule has 11 heteroatoms. The first kappa shape index (κ1) is 26.4. The largest absolute Gasteiger partial charge is 0.472 e. The van der Waals surface area contributed by atoms with E-state index in [4.69, 9.17) is 16.1 Å². The highest BCUT2D eigenvalue weighted by molar-refractivity contribution is 7.80. The number of benzene rings is 2. The van der Waals surface area contributed by atoms with Crippen molar-refractivity contribution in [3.8, 4) is 5.75 Å². The third-order valence-electron chi connectivity index (χ3n) is 5.06. The molecule has 4 rings (SSSR count). The molecule has 1 aromatic heterocycles. The summed E-state index contributed by atoms with van der Waals surface area (Å²) in [6.07, 6.45) is 2.65. The van der Waals surface area contributed by atoms with E-state index in [0.29, 0.717) is 22.5 Å². The number of aromatic nitrogens is 2. The maximum Gasteiger partial charge on any atom is 0.229 e. The van der Waals surface area contributed by atoms with Gasteiger partial charge in [0.15, 0.2) is 5.82 Å². The van der Waals surface area contributed by atoms with Crippen LogP contribution in [0, 0.1) is 0 Å². The molecule has 6 nitrogen and oxygen atoms in total. The van der Waals surface area contributed by atoms with Crippen molar-refractivity contribution in [2.24, 2.45) is 0 Å². The molecule has 0 saturated carbocycles. The van der Waals surface area contributed by atoms with Crippen LogP contribution in [0.2, 0.25) is 5.02 Å². The van der Waals surface area contributed by atoms with E-state index in [9.17, 15) is 0 Å². The topological polar surface area (TPSA) is 62.3 Å². The quantitative estimate of drug-likeness (QED) is 0.284. The van der Waals surface area contributed by atoms with Crippen molar-refractivity contribution in [1.29, 1.82) is 0 Å². The second-order valence-corrected chi connectivity index (χ2v) is 11.3. The Balaban J connectivity index is 0.00000306. The Kier molecular flexibility index (Phi) is 9.20. The van der Waals surface area contributed by atoms with Gasteiger partial charge in [-0.3, -0.25) is 0 Å². The predicted octanol–water partition coefficient (Wildman–Crippen LogP) is 5.49. The number of nitrogens with zero attached hydrogens (tertiary/aromatic N) is 3. The molecule has 33 heavy (non-hydrogen) atoms. The summed E-state index contributed by atoms with van der Waals surface area (Å²) < 4.78 is 5.99. The van der Waals surface area contributed by atoms with Crippen molar-refractivity contribution >= 4 is 80.0 Å². The first-order chi connectivity index (χ1) is 15.3. The van der Waals surface area contributed by atoms with E-state index < -0.39 is 8.15 Å². The second-order valence-electron chi connectivity index (χ2n) is 7.92. The van der Waals surface area contributed by atoms with Crippen LogP contribution in [-0.4, -0.2) is 41.8 Å². The summed E-state index contributed by atoms with van der Waals surface area (Å²) in [5.41, 5.74) is 4.45. The average molecular weight is 540 g/mol. The first-order valence-corrected chi connectivity index (χ1v) is 13.7. The molecule has 2 unspecified atom stereocenters. The van der Waals surface area contributed by atoms with Crippen LogP contribution in [0.5, 0.6) is 5.75 Å². The van der Waals surface area contributed by atoms with Gasteiger partial charge in [-0.25, -0.2) is 4.98 Å². The molecule has 0 fully saturated rings. The van der Waals surface area contributed by atoms with Crippen LogP contribution < -0.4 is 20.5 Å². The van der Waals surface area contributed by atoms with Gasteiger partial charge in [-0.1, -0.05) is 11.6 Å². The maximum absolute atomic E-state index is 6.40. The van der Waals surface area contributed by atoms with E-state index in [2.05, 4.69) is 66.6 Å². The van der Waals surface area contributed by atoms with Gasteiger partial charge in [-0.05, 0) is 73.6 Å². The third kappa shape index (κ3) is 6.69. The summed E-state index contributed by atoms with van der Waals surface area (Å²) in [7, 11) is 4.35. The molecule has 176 valence electrons. The van der Waals surface area contributed by atoms with E-state index >= 15 is 0 Å². The van der Waals surface area contributed by atoms with Crippen LogP contribution in [0.3, 0.4) is 0 Å². The summed E-state index contributed by atoms with van der Waals surface area (Å²) in [5.74, 6) is 1.68. The Morgan fingerprint density at radius 1 is 1.15 bits per heavy atom. The molecule has 0 spiro atoms. The van der Waals surface area contributed by atoms with E-state index in [0.717, 1.165) is 41.1 Å². The highest BCUT2D eigenvalue weighted by Gasteiger charge is 2.16. The number of nitrogens with one attached hydrogen (secondary N) is 2. The number of likely N-dealkylation sites (N-methyl/N-ethyl adjacent to an activating group) is 1. The van der Waals surface area contributed by atoms with Gasteiger partial charge in [-0.15, -0.1) is 21.9 Å². The average Bonchev–Trinajstić information content (AvgIpc) is 2.73. The van der Waals surface area contributed by atoms with Gasteiger partial charge in [0.2, 0.25) is 5.95 Å². The number of anilines is 4. The monoisotopic (exact) mass is 539 g/mol. The van der Waals surface area contributed by atoms with E-state index in [1.54, 1.807) is 6.20 Å². The third-order valence-corrected chi connectivity index (χ3v) is 6.66. The predicted molar refractivity (Wildman–Crippen MR) is 154 cm³/mol. The van der Waals surface area contributed by atoms with Gasteiger partial charge >= 0.3 is 0 Å². The SMILES string of the molecule is CN1CCc2cc(P)c(Nc3ncc(Cl)c(Nc4ccc(S)cc4OP(C)C)n3)cc2C1.P. The van der Waals surface area contributed by atoms with Crippen LogP contribution in [0.4, 0.5) is 23.1 Å². The number of thiol groups is 1. The van der Waals surface area contributed by atoms with Crippen molar-refractivity contribution in [3.05, 3.63) is 52.7 Å². The molecule has 0 saturated heterocycles. The number of fused-ring (bicyclic) bond motifs is 1.